The zero-order chi connectivity index (χ0) is 29.0. The van der Waals surface area contributed by atoms with Crippen LogP contribution in [0.3, 0.4) is 0 Å². The Labute approximate surface area is 255 Å². The summed E-state index contributed by atoms with van der Waals surface area (Å²) in [6.45, 7) is 0. The molecular weight excluding hydrogens is 563 g/mol. The number of hydrogen-bond acceptors (Lipinski definition) is 5. The van der Waals surface area contributed by atoms with Gasteiger partial charge in [-0.25, -0.2) is 14.3 Å². The molecule has 0 bridgehead atoms. The van der Waals surface area contributed by atoms with E-state index in [-0.39, 0.29) is 0 Å². The van der Waals surface area contributed by atoms with Crippen molar-refractivity contribution in [2.45, 2.75) is 0 Å². The van der Waals surface area contributed by atoms with E-state index in [1.807, 2.05) is 58.3 Å². The fourth-order valence-electron chi connectivity index (χ4n) is 5.92. The summed E-state index contributed by atoms with van der Waals surface area (Å²) in [5.41, 5.74) is 9.43. The van der Waals surface area contributed by atoms with Crippen LogP contribution in [0.1, 0.15) is 0 Å². The first-order valence-electron chi connectivity index (χ1n) is 14.3. The third-order valence-corrected chi connectivity index (χ3v) is 9.04. The van der Waals surface area contributed by atoms with E-state index in [1.165, 1.54) is 5.39 Å². The van der Waals surface area contributed by atoms with Crippen molar-refractivity contribution in [3.05, 3.63) is 140 Å². The number of fused-ring (bicyclic) bond motifs is 4. The van der Waals surface area contributed by atoms with Crippen LogP contribution in [0.15, 0.2) is 140 Å². The maximum absolute atomic E-state index is 5.03. The third kappa shape index (κ3) is 4.04. The molecule has 44 heavy (non-hydrogen) atoms. The first-order chi connectivity index (χ1) is 21.8. The molecule has 0 unspecified atom stereocenters. The predicted octanol–water partition coefficient (Wildman–Crippen LogP) is 8.49. The highest BCUT2D eigenvalue weighted by Gasteiger charge is 2.17. The van der Waals surface area contributed by atoms with Crippen LogP contribution < -0.4 is 0 Å². The Morgan fingerprint density at radius 1 is 0.545 bits per heavy atom. The molecule has 8 heteroatoms. The SMILES string of the molecule is c1ccc(-c2cccc(-n3c4ccc(-n5cccn5)cc4c4ccc(-c5nc6ccc(-n7cccn7)cc6s5)cc43)c2)nc1. The number of pyridine rings is 1. The highest BCUT2D eigenvalue weighted by Crippen LogP contribution is 2.38. The van der Waals surface area contributed by atoms with Crippen molar-refractivity contribution < 1.29 is 0 Å². The van der Waals surface area contributed by atoms with Crippen molar-refractivity contribution in [3.8, 4) is 38.9 Å². The summed E-state index contributed by atoms with van der Waals surface area (Å²) in [5, 5.41) is 12.2. The summed E-state index contributed by atoms with van der Waals surface area (Å²) in [4.78, 5) is 9.63. The lowest BCUT2D eigenvalue weighted by molar-refractivity contribution is 0.882. The molecular formula is C36H23N7S. The molecule has 0 radical (unpaired) electrons. The smallest absolute Gasteiger partial charge is 0.124 e. The number of thiazole rings is 1. The molecule has 9 rings (SSSR count). The van der Waals surface area contributed by atoms with Gasteiger partial charge in [0.15, 0.2) is 0 Å². The lowest BCUT2D eigenvalue weighted by Crippen LogP contribution is -1.96. The number of benzene rings is 4. The minimum atomic E-state index is 0.945. The van der Waals surface area contributed by atoms with Gasteiger partial charge < -0.3 is 4.57 Å². The molecule has 0 saturated carbocycles. The van der Waals surface area contributed by atoms with Crippen molar-refractivity contribution in [3.63, 3.8) is 0 Å². The van der Waals surface area contributed by atoms with Crippen LogP contribution in [0, 0.1) is 0 Å². The Bertz CT molecular complexity index is 2440. The second kappa shape index (κ2) is 9.86. The molecule has 0 aliphatic rings. The molecule has 4 aromatic carbocycles. The summed E-state index contributed by atoms with van der Waals surface area (Å²) in [6.07, 6.45) is 9.36. The Morgan fingerprint density at radius 2 is 1.39 bits per heavy atom. The monoisotopic (exact) mass is 585 g/mol. The molecule has 9 aromatic rings. The van der Waals surface area contributed by atoms with Gasteiger partial charge in [-0.05, 0) is 78.9 Å². The van der Waals surface area contributed by atoms with Gasteiger partial charge in [0.25, 0.3) is 0 Å². The van der Waals surface area contributed by atoms with Crippen molar-refractivity contribution in [1.82, 2.24) is 34.1 Å². The van der Waals surface area contributed by atoms with Gasteiger partial charge in [0.05, 0.1) is 38.3 Å². The van der Waals surface area contributed by atoms with E-state index in [0.29, 0.717) is 0 Å². The Kier molecular flexibility index (Phi) is 5.54. The van der Waals surface area contributed by atoms with Crippen molar-refractivity contribution in [1.29, 1.82) is 0 Å². The topological polar surface area (TPSA) is 66.3 Å². The molecule has 0 amide bonds. The van der Waals surface area contributed by atoms with Crippen molar-refractivity contribution >= 4 is 43.4 Å². The number of aromatic nitrogens is 7. The molecule has 208 valence electrons. The predicted molar refractivity (Wildman–Crippen MR) is 177 cm³/mol. The molecule has 5 aromatic heterocycles. The van der Waals surface area contributed by atoms with Crippen LogP contribution in [-0.4, -0.2) is 34.1 Å². The zero-order valence-corrected chi connectivity index (χ0v) is 24.1. The molecule has 0 spiro atoms. The van der Waals surface area contributed by atoms with Crippen molar-refractivity contribution in [2.75, 3.05) is 0 Å². The quantitative estimate of drug-likeness (QED) is 0.203. The molecule has 0 fully saturated rings. The molecule has 7 nitrogen and oxygen atoms in total. The number of hydrogen-bond donors (Lipinski definition) is 0. The van der Waals surface area contributed by atoms with Gasteiger partial charge in [-0.3, -0.25) is 4.98 Å². The maximum Gasteiger partial charge on any atom is 0.124 e. The van der Waals surface area contributed by atoms with Gasteiger partial charge in [0, 0.05) is 58.6 Å². The first-order valence-corrected chi connectivity index (χ1v) is 15.1. The Morgan fingerprint density at radius 3 is 2.18 bits per heavy atom. The molecule has 0 saturated heterocycles. The molecule has 0 aliphatic carbocycles. The third-order valence-electron chi connectivity index (χ3n) is 7.97. The summed E-state index contributed by atoms with van der Waals surface area (Å²) in [6, 6.07) is 38.0. The highest BCUT2D eigenvalue weighted by molar-refractivity contribution is 7.21. The highest BCUT2D eigenvalue weighted by atomic mass is 32.1. The van der Waals surface area contributed by atoms with E-state index >= 15 is 0 Å². The largest absolute Gasteiger partial charge is 0.309 e. The van der Waals surface area contributed by atoms with Gasteiger partial charge in [0.2, 0.25) is 0 Å². The zero-order valence-electron chi connectivity index (χ0n) is 23.3. The number of rotatable bonds is 5. The van der Waals surface area contributed by atoms with Gasteiger partial charge in [-0.2, -0.15) is 10.2 Å². The minimum absolute atomic E-state index is 0.945. The van der Waals surface area contributed by atoms with Crippen molar-refractivity contribution in [2.24, 2.45) is 0 Å². The Balaban J connectivity index is 1.25. The van der Waals surface area contributed by atoms with Crippen LogP contribution in [0.25, 0.3) is 70.9 Å². The van der Waals surface area contributed by atoms with Gasteiger partial charge >= 0.3 is 0 Å². The standard InChI is InChI=1S/C36H23N7S/c1-2-15-37-31(8-1)24-6-3-7-28(20-24)43-33-14-11-26(41-18-4-16-38-41)22-30(33)29-12-9-25(21-34(29)43)36-40-32-13-10-27(23-35(32)44-36)42-19-5-17-39-42/h1-23H. The van der Waals surface area contributed by atoms with E-state index in [4.69, 9.17) is 4.98 Å². The summed E-state index contributed by atoms with van der Waals surface area (Å²) in [5.74, 6) is 0. The van der Waals surface area contributed by atoms with E-state index < -0.39 is 0 Å². The Hall–Kier alpha value is -5.86. The average Bonchev–Trinajstić information content (AvgIpc) is 3.90. The summed E-state index contributed by atoms with van der Waals surface area (Å²) >= 11 is 1.70. The van der Waals surface area contributed by atoms with E-state index in [9.17, 15) is 0 Å². The summed E-state index contributed by atoms with van der Waals surface area (Å²) in [7, 11) is 0. The van der Waals surface area contributed by atoms with Crippen LogP contribution in [0.4, 0.5) is 0 Å². The second-order valence-corrected chi connectivity index (χ2v) is 11.6. The average molecular weight is 586 g/mol. The van der Waals surface area contributed by atoms with Crippen LogP contribution in [0.5, 0.6) is 0 Å². The summed E-state index contributed by atoms with van der Waals surface area (Å²) < 4.78 is 7.24. The molecule has 0 atom stereocenters. The van der Waals surface area contributed by atoms with Crippen LogP contribution in [-0.2, 0) is 0 Å². The van der Waals surface area contributed by atoms with Gasteiger partial charge in [0.1, 0.15) is 5.01 Å². The lowest BCUT2D eigenvalue weighted by atomic mass is 10.1. The maximum atomic E-state index is 5.03. The fraction of sp³-hybridized carbons (Fsp3) is 0. The minimum Gasteiger partial charge on any atom is -0.309 e. The first kappa shape index (κ1) is 24.7. The van der Waals surface area contributed by atoms with E-state index in [1.54, 1.807) is 23.7 Å². The number of nitrogens with zero attached hydrogens (tertiary/aromatic N) is 7. The van der Waals surface area contributed by atoms with Gasteiger partial charge in [-0.1, -0.05) is 30.3 Å². The van der Waals surface area contributed by atoms with Gasteiger partial charge in [-0.15, -0.1) is 11.3 Å². The fourth-order valence-corrected chi connectivity index (χ4v) is 6.92. The normalized spacial score (nSPS) is 11.6. The molecule has 5 heterocycles. The molecule has 0 aliphatic heterocycles. The molecule has 0 N–H and O–H groups in total. The van der Waals surface area contributed by atoms with E-state index in [2.05, 4.69) is 98.6 Å². The van der Waals surface area contributed by atoms with Crippen LogP contribution in [0.2, 0.25) is 0 Å². The van der Waals surface area contributed by atoms with Crippen LogP contribution >= 0.6 is 11.3 Å². The second-order valence-electron chi connectivity index (χ2n) is 10.6. The lowest BCUT2D eigenvalue weighted by Gasteiger charge is -2.11. The van der Waals surface area contributed by atoms with E-state index in [0.717, 1.165) is 65.5 Å².